The van der Waals surface area contributed by atoms with E-state index in [0.29, 0.717) is 23.0 Å². The lowest BCUT2D eigenvalue weighted by molar-refractivity contribution is -0.131. The van der Waals surface area contributed by atoms with Crippen molar-refractivity contribution in [3.8, 4) is 40.2 Å². The highest BCUT2D eigenvalue weighted by Crippen LogP contribution is 2.31. The van der Waals surface area contributed by atoms with E-state index in [1.165, 1.54) is 23.8 Å². The number of ether oxygens (including phenoxy) is 2. The summed E-state index contributed by atoms with van der Waals surface area (Å²) in [6.07, 6.45) is 0. The quantitative estimate of drug-likeness (QED) is 0.141. The van der Waals surface area contributed by atoms with E-state index in [9.17, 15) is 15.0 Å². The number of aromatic nitrogens is 2. The number of benzene rings is 3. The van der Waals surface area contributed by atoms with Crippen LogP contribution in [0.4, 0.5) is 0 Å². The summed E-state index contributed by atoms with van der Waals surface area (Å²) in [5, 5.41) is 26.9. The molecule has 4 rings (SSSR count). The van der Waals surface area contributed by atoms with Crippen LogP contribution in [0, 0.1) is 0 Å². The van der Waals surface area contributed by atoms with Gasteiger partial charge < -0.3 is 24.1 Å². The summed E-state index contributed by atoms with van der Waals surface area (Å²) >= 11 is 1.03. The Bertz CT molecular complexity index is 1270. The van der Waals surface area contributed by atoms with E-state index >= 15 is 0 Å². The highest BCUT2D eigenvalue weighted by molar-refractivity contribution is 7.99. The molecule has 1 heterocycles. The van der Waals surface area contributed by atoms with Gasteiger partial charge in [0.15, 0.2) is 11.5 Å². The summed E-state index contributed by atoms with van der Waals surface area (Å²) in [7, 11) is 0. The maximum atomic E-state index is 12.2. The van der Waals surface area contributed by atoms with Crippen molar-refractivity contribution in [2.45, 2.75) is 25.0 Å². The summed E-state index contributed by atoms with van der Waals surface area (Å²) in [5.74, 6) is 1.29. The van der Waals surface area contributed by atoms with E-state index in [1.807, 2.05) is 24.3 Å². The van der Waals surface area contributed by atoms with Gasteiger partial charge in [-0.05, 0) is 66.1 Å². The molecule has 0 spiro atoms. The maximum Gasteiger partial charge on any atom is 0.321 e. The summed E-state index contributed by atoms with van der Waals surface area (Å²) in [5.41, 5.74) is 1.68. The summed E-state index contributed by atoms with van der Waals surface area (Å²) < 4.78 is 16.6. The number of esters is 1. The second-order valence-corrected chi connectivity index (χ2v) is 8.56. The second kappa shape index (κ2) is 10.3. The van der Waals surface area contributed by atoms with Crippen LogP contribution in [0.5, 0.6) is 28.7 Å². The molecule has 9 heteroatoms. The van der Waals surface area contributed by atoms with Gasteiger partial charge in [0.2, 0.25) is 5.89 Å². The SMILES string of the molecule is CC(C)c1ccc(Oc2ccc(OC(=O)CSc3nnc(-c4ccc(O)c(O)c4)o3)cc2)cc1. The molecule has 0 amide bonds. The first kappa shape index (κ1) is 23.2. The molecule has 0 aliphatic heterocycles. The lowest BCUT2D eigenvalue weighted by atomic mass is 10.0. The van der Waals surface area contributed by atoms with Crippen molar-refractivity contribution in [1.29, 1.82) is 0 Å². The smallest absolute Gasteiger partial charge is 0.321 e. The van der Waals surface area contributed by atoms with E-state index in [4.69, 9.17) is 13.9 Å². The molecular formula is C25H22N2O6S. The Hall–Kier alpha value is -3.98. The van der Waals surface area contributed by atoms with Crippen LogP contribution < -0.4 is 9.47 Å². The Labute approximate surface area is 200 Å². The molecule has 0 unspecified atom stereocenters. The molecule has 0 radical (unpaired) electrons. The number of nitrogens with zero attached hydrogens (tertiary/aromatic N) is 2. The van der Waals surface area contributed by atoms with E-state index in [-0.39, 0.29) is 28.4 Å². The fourth-order valence-electron chi connectivity index (χ4n) is 2.96. The number of phenols is 2. The van der Waals surface area contributed by atoms with Gasteiger partial charge in [0.25, 0.3) is 5.22 Å². The maximum absolute atomic E-state index is 12.2. The molecular weight excluding hydrogens is 456 g/mol. The van der Waals surface area contributed by atoms with Crippen molar-refractivity contribution < 1.29 is 28.9 Å². The van der Waals surface area contributed by atoms with Crippen LogP contribution in [-0.2, 0) is 4.79 Å². The molecule has 0 fully saturated rings. The fourth-order valence-corrected chi connectivity index (χ4v) is 3.49. The number of aromatic hydroxyl groups is 2. The van der Waals surface area contributed by atoms with Gasteiger partial charge in [0.05, 0.1) is 0 Å². The average Bonchev–Trinajstić information content (AvgIpc) is 3.30. The lowest BCUT2D eigenvalue weighted by Crippen LogP contribution is -2.10. The van der Waals surface area contributed by atoms with Crippen molar-refractivity contribution in [2.75, 3.05) is 5.75 Å². The average molecular weight is 479 g/mol. The largest absolute Gasteiger partial charge is 0.504 e. The molecule has 1 aromatic heterocycles. The molecule has 0 saturated carbocycles. The van der Waals surface area contributed by atoms with Gasteiger partial charge >= 0.3 is 5.97 Å². The van der Waals surface area contributed by atoms with Crippen molar-refractivity contribution in [3.05, 3.63) is 72.3 Å². The van der Waals surface area contributed by atoms with E-state index in [0.717, 1.165) is 17.5 Å². The Balaban J connectivity index is 1.28. The fraction of sp³-hybridized carbons (Fsp3) is 0.160. The highest BCUT2D eigenvalue weighted by Gasteiger charge is 2.14. The zero-order chi connectivity index (χ0) is 24.1. The van der Waals surface area contributed by atoms with Crippen molar-refractivity contribution in [2.24, 2.45) is 0 Å². The van der Waals surface area contributed by atoms with Crippen molar-refractivity contribution in [3.63, 3.8) is 0 Å². The van der Waals surface area contributed by atoms with Gasteiger partial charge in [-0.15, -0.1) is 10.2 Å². The Morgan fingerprint density at radius 3 is 2.21 bits per heavy atom. The van der Waals surface area contributed by atoms with Crippen LogP contribution in [0.2, 0.25) is 0 Å². The van der Waals surface area contributed by atoms with Crippen LogP contribution in [0.3, 0.4) is 0 Å². The standard InChI is InChI=1S/C25H22N2O6S/c1-15(2)16-3-6-18(7-4-16)31-19-8-10-20(11-9-19)32-23(30)14-34-25-27-26-24(33-25)17-5-12-21(28)22(29)13-17/h3-13,15,28-29H,14H2,1-2H3. The molecule has 2 N–H and O–H groups in total. The zero-order valence-electron chi connectivity index (χ0n) is 18.5. The molecule has 0 aliphatic carbocycles. The predicted octanol–water partition coefficient (Wildman–Crippen LogP) is 5.76. The molecule has 0 saturated heterocycles. The lowest BCUT2D eigenvalue weighted by Gasteiger charge is -2.09. The molecule has 34 heavy (non-hydrogen) atoms. The van der Waals surface area contributed by atoms with Gasteiger partial charge in [-0.25, -0.2) is 0 Å². The van der Waals surface area contributed by atoms with Gasteiger partial charge in [0.1, 0.15) is 23.0 Å². The van der Waals surface area contributed by atoms with E-state index in [1.54, 1.807) is 24.3 Å². The van der Waals surface area contributed by atoms with Crippen molar-refractivity contribution >= 4 is 17.7 Å². The number of carbonyl (C=O) groups is 1. The zero-order valence-corrected chi connectivity index (χ0v) is 19.3. The number of phenolic OH excluding ortho intramolecular Hbond substituents is 2. The number of hydrogen-bond donors (Lipinski definition) is 2. The third kappa shape index (κ3) is 5.87. The number of hydrogen-bond acceptors (Lipinski definition) is 9. The van der Waals surface area contributed by atoms with E-state index < -0.39 is 5.97 Å². The monoisotopic (exact) mass is 478 g/mol. The molecule has 174 valence electrons. The molecule has 0 bridgehead atoms. The number of carbonyl (C=O) groups excluding carboxylic acids is 1. The number of thioether (sulfide) groups is 1. The molecule has 4 aromatic rings. The topological polar surface area (TPSA) is 115 Å². The normalized spacial score (nSPS) is 10.9. The van der Waals surface area contributed by atoms with Gasteiger partial charge in [-0.1, -0.05) is 37.7 Å². The Morgan fingerprint density at radius 2 is 1.56 bits per heavy atom. The minimum Gasteiger partial charge on any atom is -0.504 e. The Morgan fingerprint density at radius 1 is 0.912 bits per heavy atom. The van der Waals surface area contributed by atoms with Gasteiger partial charge in [-0.2, -0.15) is 0 Å². The summed E-state index contributed by atoms with van der Waals surface area (Å²) in [4.78, 5) is 12.2. The van der Waals surface area contributed by atoms with Gasteiger partial charge in [0, 0.05) is 5.56 Å². The number of rotatable bonds is 8. The minimum absolute atomic E-state index is 0.0388. The second-order valence-electron chi connectivity index (χ2n) is 7.64. The molecule has 3 aromatic carbocycles. The third-order valence-corrected chi connectivity index (χ3v) is 5.57. The predicted molar refractivity (Wildman–Crippen MR) is 126 cm³/mol. The highest BCUT2D eigenvalue weighted by atomic mass is 32.2. The molecule has 0 atom stereocenters. The van der Waals surface area contributed by atoms with Crippen LogP contribution >= 0.6 is 11.8 Å². The third-order valence-electron chi connectivity index (χ3n) is 4.78. The first-order chi connectivity index (χ1) is 16.4. The molecule has 8 nitrogen and oxygen atoms in total. The summed E-state index contributed by atoms with van der Waals surface area (Å²) in [6.45, 7) is 4.27. The van der Waals surface area contributed by atoms with Crippen LogP contribution in [0.25, 0.3) is 11.5 Å². The van der Waals surface area contributed by atoms with Crippen LogP contribution in [0.1, 0.15) is 25.3 Å². The molecule has 0 aliphatic rings. The first-order valence-electron chi connectivity index (χ1n) is 10.4. The first-order valence-corrected chi connectivity index (χ1v) is 11.4. The van der Waals surface area contributed by atoms with Crippen LogP contribution in [-0.4, -0.2) is 32.1 Å². The van der Waals surface area contributed by atoms with Gasteiger partial charge in [-0.3, -0.25) is 4.79 Å². The van der Waals surface area contributed by atoms with Crippen LogP contribution in [0.15, 0.2) is 76.4 Å². The summed E-state index contributed by atoms with van der Waals surface area (Å²) in [6, 6.07) is 18.8. The Kier molecular flexibility index (Phi) is 7.03. The minimum atomic E-state index is -0.482. The van der Waals surface area contributed by atoms with Crippen molar-refractivity contribution in [1.82, 2.24) is 10.2 Å². The van der Waals surface area contributed by atoms with E-state index in [2.05, 4.69) is 24.0 Å².